The van der Waals surface area contributed by atoms with Crippen LogP contribution < -0.4 is 10.6 Å². The largest absolute Gasteiger partial charge is 0.378 e. The lowest BCUT2D eigenvalue weighted by Crippen LogP contribution is -2.40. The summed E-state index contributed by atoms with van der Waals surface area (Å²) >= 11 is 0. The van der Waals surface area contributed by atoms with E-state index in [0.29, 0.717) is 13.0 Å². The topological polar surface area (TPSA) is 64.6 Å². The van der Waals surface area contributed by atoms with E-state index in [4.69, 9.17) is 0 Å². The first-order valence-corrected chi connectivity index (χ1v) is 10.3. The summed E-state index contributed by atoms with van der Waals surface area (Å²) < 4.78 is 0. The first-order valence-electron chi connectivity index (χ1n) is 10.3. The molecule has 0 aromatic heterocycles. The lowest BCUT2D eigenvalue weighted by Gasteiger charge is -2.33. The van der Waals surface area contributed by atoms with Crippen LogP contribution in [0.2, 0.25) is 0 Å². The van der Waals surface area contributed by atoms with E-state index in [9.17, 15) is 9.90 Å². The molecule has 2 aliphatic rings. The van der Waals surface area contributed by atoms with E-state index in [0.717, 1.165) is 30.8 Å². The number of nitrogens with zero attached hydrogens (tertiary/aromatic N) is 1. The summed E-state index contributed by atoms with van der Waals surface area (Å²) in [5, 5.41) is 16.6. The number of hydrogen-bond donors (Lipinski definition) is 3. The van der Waals surface area contributed by atoms with Gasteiger partial charge in [-0.25, -0.2) is 4.79 Å². The number of aliphatic hydroxyl groups excluding tert-OH is 1. The molecule has 2 aromatic rings. The van der Waals surface area contributed by atoms with Crippen molar-refractivity contribution in [3.63, 3.8) is 0 Å². The number of amides is 2. The minimum absolute atomic E-state index is 0.151. The van der Waals surface area contributed by atoms with Crippen LogP contribution in [0.3, 0.4) is 0 Å². The average Bonchev–Trinajstić information content (AvgIpc) is 2.74. The fourth-order valence-corrected chi connectivity index (χ4v) is 4.33. The summed E-state index contributed by atoms with van der Waals surface area (Å²) in [6, 6.07) is 16.6. The zero-order valence-electron chi connectivity index (χ0n) is 16.2. The fraction of sp³-hybridized carbons (Fsp3) is 0.435. The predicted octanol–water partition coefficient (Wildman–Crippen LogP) is 3.84. The molecular weight excluding hydrogens is 350 g/mol. The standard InChI is InChI=1S/C23H29N3O2/c27-22(26-11-5-2-6-12-26)15-19(13-17-7-3-1-4-8-17)18-9-10-21-20(14-18)16-24-23(28)25-21/h1,3-4,7-10,14,19,22,27H,2,5-6,11-13,15-16H2,(H2,24,25,28)/t19-,22?/m1/s1. The molecule has 0 aliphatic carbocycles. The van der Waals surface area contributed by atoms with E-state index in [1.54, 1.807) is 0 Å². The molecular formula is C23H29N3O2. The lowest BCUT2D eigenvalue weighted by atomic mass is 9.87. The highest BCUT2D eigenvalue weighted by atomic mass is 16.3. The van der Waals surface area contributed by atoms with Crippen LogP contribution in [0.15, 0.2) is 48.5 Å². The summed E-state index contributed by atoms with van der Waals surface area (Å²) in [5.41, 5.74) is 4.48. The van der Waals surface area contributed by atoms with Gasteiger partial charge in [-0.1, -0.05) is 48.9 Å². The first kappa shape index (κ1) is 19.0. The van der Waals surface area contributed by atoms with Crippen LogP contribution >= 0.6 is 0 Å². The Labute approximate surface area is 166 Å². The molecule has 2 amide bonds. The van der Waals surface area contributed by atoms with Gasteiger partial charge in [0.15, 0.2) is 0 Å². The molecule has 0 radical (unpaired) electrons. The number of fused-ring (bicyclic) bond motifs is 1. The highest BCUT2D eigenvalue weighted by Gasteiger charge is 2.24. The molecule has 5 heteroatoms. The minimum atomic E-state index is -0.414. The van der Waals surface area contributed by atoms with Crippen LogP contribution in [-0.2, 0) is 13.0 Å². The number of hydrogen-bond acceptors (Lipinski definition) is 3. The molecule has 1 saturated heterocycles. The molecule has 4 rings (SSSR count). The van der Waals surface area contributed by atoms with Gasteiger partial charge in [0.2, 0.25) is 0 Å². The second-order valence-corrected chi connectivity index (χ2v) is 7.92. The number of anilines is 1. The van der Waals surface area contributed by atoms with Gasteiger partial charge in [-0.3, -0.25) is 4.90 Å². The number of nitrogens with one attached hydrogen (secondary N) is 2. The molecule has 148 valence electrons. The van der Waals surface area contributed by atoms with Gasteiger partial charge in [-0.15, -0.1) is 0 Å². The molecule has 1 fully saturated rings. The van der Waals surface area contributed by atoms with Gasteiger partial charge in [-0.05, 0) is 54.4 Å². The van der Waals surface area contributed by atoms with E-state index < -0.39 is 6.23 Å². The molecule has 2 aromatic carbocycles. The fourth-order valence-electron chi connectivity index (χ4n) is 4.33. The average molecular weight is 380 g/mol. The first-order chi connectivity index (χ1) is 13.7. The van der Waals surface area contributed by atoms with E-state index in [1.807, 2.05) is 12.1 Å². The second-order valence-electron chi connectivity index (χ2n) is 7.92. The Bertz CT molecular complexity index is 803. The monoisotopic (exact) mass is 379 g/mol. The quantitative estimate of drug-likeness (QED) is 0.714. The minimum Gasteiger partial charge on any atom is -0.378 e. The molecule has 0 spiro atoms. The van der Waals surface area contributed by atoms with E-state index in [-0.39, 0.29) is 11.9 Å². The van der Waals surface area contributed by atoms with Gasteiger partial charge in [0.25, 0.3) is 0 Å². The lowest BCUT2D eigenvalue weighted by molar-refractivity contribution is -0.0179. The van der Waals surface area contributed by atoms with Crippen molar-refractivity contribution in [3.8, 4) is 0 Å². The van der Waals surface area contributed by atoms with Crippen molar-refractivity contribution in [1.82, 2.24) is 10.2 Å². The Morgan fingerprint density at radius 2 is 1.82 bits per heavy atom. The van der Waals surface area contributed by atoms with E-state index in [2.05, 4.69) is 51.9 Å². The summed E-state index contributed by atoms with van der Waals surface area (Å²) in [5.74, 6) is 0.224. The van der Waals surface area contributed by atoms with Gasteiger partial charge < -0.3 is 15.7 Å². The maximum Gasteiger partial charge on any atom is 0.319 e. The molecule has 28 heavy (non-hydrogen) atoms. The number of likely N-dealkylation sites (tertiary alicyclic amines) is 1. The van der Waals surface area contributed by atoms with E-state index in [1.165, 1.54) is 30.4 Å². The number of benzene rings is 2. The third-order valence-electron chi connectivity index (χ3n) is 5.92. The number of rotatable bonds is 6. The van der Waals surface area contributed by atoms with Crippen LogP contribution in [0.25, 0.3) is 0 Å². The number of aliphatic hydroxyl groups is 1. The second kappa shape index (κ2) is 8.76. The molecule has 0 bridgehead atoms. The van der Waals surface area contributed by atoms with Gasteiger partial charge in [0, 0.05) is 25.3 Å². The molecule has 2 heterocycles. The van der Waals surface area contributed by atoms with Crippen molar-refractivity contribution >= 4 is 11.7 Å². The van der Waals surface area contributed by atoms with Crippen molar-refractivity contribution in [3.05, 3.63) is 65.2 Å². The van der Waals surface area contributed by atoms with Gasteiger partial charge in [0.1, 0.15) is 6.23 Å². The van der Waals surface area contributed by atoms with E-state index >= 15 is 0 Å². The number of piperidine rings is 1. The molecule has 3 N–H and O–H groups in total. The number of urea groups is 1. The Morgan fingerprint density at radius 1 is 1.04 bits per heavy atom. The van der Waals surface area contributed by atoms with Gasteiger partial charge in [0.05, 0.1) is 0 Å². The summed E-state index contributed by atoms with van der Waals surface area (Å²) in [4.78, 5) is 13.8. The van der Waals surface area contributed by atoms with Crippen molar-refractivity contribution < 1.29 is 9.90 Å². The Kier molecular flexibility index (Phi) is 5.93. The maximum absolute atomic E-state index is 11.5. The van der Waals surface area contributed by atoms with Crippen LogP contribution in [0.1, 0.15) is 48.3 Å². The summed E-state index contributed by atoms with van der Waals surface area (Å²) in [6.45, 7) is 2.51. The highest BCUT2D eigenvalue weighted by molar-refractivity contribution is 5.92. The van der Waals surface area contributed by atoms with Crippen molar-refractivity contribution in [1.29, 1.82) is 0 Å². The zero-order chi connectivity index (χ0) is 19.3. The molecule has 0 saturated carbocycles. The number of carbonyl (C=O) groups excluding carboxylic acids is 1. The molecule has 2 aliphatic heterocycles. The smallest absolute Gasteiger partial charge is 0.319 e. The normalized spacial score (nSPS) is 19.2. The molecule has 1 unspecified atom stereocenters. The van der Waals surface area contributed by atoms with Crippen LogP contribution in [0.5, 0.6) is 0 Å². The zero-order valence-corrected chi connectivity index (χ0v) is 16.2. The predicted molar refractivity (Wildman–Crippen MR) is 111 cm³/mol. The summed E-state index contributed by atoms with van der Waals surface area (Å²) in [6.07, 6.45) is 4.80. The Hall–Kier alpha value is -2.37. The SMILES string of the molecule is O=C1NCc2cc([C@H](Cc3ccccc3)CC(O)N3CCCCC3)ccc2N1. The van der Waals surface area contributed by atoms with Gasteiger partial charge >= 0.3 is 6.03 Å². The highest BCUT2D eigenvalue weighted by Crippen LogP contribution is 2.31. The van der Waals surface area contributed by atoms with Crippen LogP contribution in [0, 0.1) is 0 Å². The molecule has 5 nitrogen and oxygen atoms in total. The van der Waals surface area contributed by atoms with Gasteiger partial charge in [-0.2, -0.15) is 0 Å². The maximum atomic E-state index is 11.5. The number of carbonyl (C=O) groups is 1. The third-order valence-corrected chi connectivity index (χ3v) is 5.92. The Balaban J connectivity index is 1.56. The molecule has 2 atom stereocenters. The van der Waals surface area contributed by atoms with Crippen molar-refractivity contribution in [2.24, 2.45) is 0 Å². The van der Waals surface area contributed by atoms with Crippen molar-refractivity contribution in [2.75, 3.05) is 18.4 Å². The Morgan fingerprint density at radius 3 is 2.61 bits per heavy atom. The third kappa shape index (κ3) is 4.54. The van der Waals surface area contributed by atoms with Crippen molar-refractivity contribution in [2.45, 2.75) is 50.8 Å². The van der Waals surface area contributed by atoms with Crippen LogP contribution in [0.4, 0.5) is 10.5 Å². The summed E-state index contributed by atoms with van der Waals surface area (Å²) in [7, 11) is 0. The van der Waals surface area contributed by atoms with Crippen LogP contribution in [-0.4, -0.2) is 35.4 Å².